The largest absolute Gasteiger partial charge is 0.355 e. The normalized spacial score (nSPS) is 15.2. The van der Waals surface area contributed by atoms with Crippen LogP contribution in [0.25, 0.3) is 0 Å². The highest BCUT2D eigenvalue weighted by Crippen LogP contribution is 2.48. The highest BCUT2D eigenvalue weighted by Gasteiger charge is 2.50. The molecule has 120 valence electrons. The van der Waals surface area contributed by atoms with Crippen LogP contribution in [0.4, 0.5) is 4.39 Å². The van der Waals surface area contributed by atoms with Crippen molar-refractivity contribution in [1.29, 1.82) is 0 Å². The molecule has 0 atom stereocenters. The molecule has 4 heteroatoms. The number of hydrogen-bond donors (Lipinski definition) is 1. The van der Waals surface area contributed by atoms with Crippen LogP contribution in [0.15, 0.2) is 59.5 Å². The zero-order valence-corrected chi connectivity index (χ0v) is 13.7. The first-order valence-corrected chi connectivity index (χ1v) is 8.91. The van der Waals surface area contributed by atoms with Gasteiger partial charge in [-0.1, -0.05) is 30.3 Å². The van der Waals surface area contributed by atoms with Gasteiger partial charge in [-0.05, 0) is 54.8 Å². The zero-order valence-electron chi connectivity index (χ0n) is 12.9. The van der Waals surface area contributed by atoms with Crippen molar-refractivity contribution in [2.45, 2.75) is 29.6 Å². The van der Waals surface area contributed by atoms with Crippen molar-refractivity contribution in [1.82, 2.24) is 5.32 Å². The Balaban J connectivity index is 1.41. The third kappa shape index (κ3) is 3.94. The SMILES string of the molecule is O=C(NCCCSc1ccc(F)cc1)C1(c2ccccc2)CC1. The molecule has 1 amide bonds. The van der Waals surface area contributed by atoms with Crippen molar-refractivity contribution >= 4 is 17.7 Å². The van der Waals surface area contributed by atoms with Crippen molar-refractivity contribution in [3.05, 3.63) is 66.0 Å². The summed E-state index contributed by atoms with van der Waals surface area (Å²) in [6, 6.07) is 16.5. The molecular formula is C19H20FNOS. The molecule has 0 radical (unpaired) electrons. The first-order chi connectivity index (χ1) is 11.2. The topological polar surface area (TPSA) is 29.1 Å². The van der Waals surface area contributed by atoms with Crippen LogP contribution in [0.1, 0.15) is 24.8 Å². The average molecular weight is 329 g/mol. The van der Waals surface area contributed by atoms with E-state index < -0.39 is 0 Å². The summed E-state index contributed by atoms with van der Waals surface area (Å²) in [5, 5.41) is 3.07. The van der Waals surface area contributed by atoms with Crippen LogP contribution in [0.2, 0.25) is 0 Å². The van der Waals surface area contributed by atoms with E-state index in [9.17, 15) is 9.18 Å². The molecule has 1 fully saturated rings. The third-order valence-corrected chi connectivity index (χ3v) is 5.30. The second-order valence-electron chi connectivity index (χ2n) is 5.86. The Morgan fingerprint density at radius 1 is 1.09 bits per heavy atom. The molecule has 0 aliphatic heterocycles. The van der Waals surface area contributed by atoms with Gasteiger partial charge in [-0.15, -0.1) is 11.8 Å². The Hall–Kier alpha value is -1.81. The minimum atomic E-state index is -0.286. The second kappa shape index (κ2) is 7.18. The number of rotatable bonds is 7. The molecule has 1 saturated carbocycles. The molecule has 0 saturated heterocycles. The Morgan fingerprint density at radius 3 is 2.43 bits per heavy atom. The van der Waals surface area contributed by atoms with Gasteiger partial charge in [-0.3, -0.25) is 4.79 Å². The fourth-order valence-corrected chi connectivity index (χ4v) is 3.55. The van der Waals surface area contributed by atoms with E-state index in [4.69, 9.17) is 0 Å². The van der Waals surface area contributed by atoms with Gasteiger partial charge in [0.05, 0.1) is 5.41 Å². The quantitative estimate of drug-likeness (QED) is 0.610. The molecular weight excluding hydrogens is 309 g/mol. The minimum absolute atomic E-state index is 0.149. The smallest absolute Gasteiger partial charge is 0.230 e. The fraction of sp³-hybridized carbons (Fsp3) is 0.316. The molecule has 1 aliphatic rings. The lowest BCUT2D eigenvalue weighted by molar-refractivity contribution is -0.123. The average Bonchev–Trinajstić information content (AvgIpc) is 3.39. The monoisotopic (exact) mass is 329 g/mol. The number of carbonyl (C=O) groups is 1. The molecule has 2 aromatic carbocycles. The van der Waals surface area contributed by atoms with E-state index in [1.54, 1.807) is 23.9 Å². The third-order valence-electron chi connectivity index (χ3n) is 4.20. The van der Waals surface area contributed by atoms with E-state index in [-0.39, 0.29) is 17.1 Å². The Bertz CT molecular complexity index is 653. The maximum absolute atomic E-state index is 12.8. The molecule has 0 spiro atoms. The first kappa shape index (κ1) is 16.1. The molecule has 0 heterocycles. The lowest BCUT2D eigenvalue weighted by atomic mass is 9.95. The Labute approximate surface area is 140 Å². The van der Waals surface area contributed by atoms with E-state index in [1.807, 2.05) is 30.3 Å². The summed E-state index contributed by atoms with van der Waals surface area (Å²) >= 11 is 1.68. The highest BCUT2D eigenvalue weighted by atomic mass is 32.2. The number of nitrogens with one attached hydrogen (secondary N) is 1. The summed E-state index contributed by atoms with van der Waals surface area (Å²) in [6.45, 7) is 0.682. The number of halogens is 1. The second-order valence-corrected chi connectivity index (χ2v) is 7.03. The van der Waals surface area contributed by atoms with E-state index >= 15 is 0 Å². The fourth-order valence-electron chi connectivity index (χ4n) is 2.69. The van der Waals surface area contributed by atoms with Gasteiger partial charge >= 0.3 is 0 Å². The van der Waals surface area contributed by atoms with Crippen LogP contribution >= 0.6 is 11.8 Å². The predicted octanol–water partition coefficient (Wildman–Crippen LogP) is 4.16. The van der Waals surface area contributed by atoms with Gasteiger partial charge in [0.25, 0.3) is 0 Å². The summed E-state index contributed by atoms with van der Waals surface area (Å²) in [6.07, 6.45) is 2.78. The van der Waals surface area contributed by atoms with E-state index in [0.29, 0.717) is 6.54 Å². The molecule has 0 unspecified atom stereocenters. The zero-order chi connectivity index (χ0) is 16.1. The van der Waals surface area contributed by atoms with Crippen LogP contribution in [-0.2, 0) is 10.2 Å². The Kier molecular flexibility index (Phi) is 5.01. The minimum Gasteiger partial charge on any atom is -0.355 e. The molecule has 23 heavy (non-hydrogen) atoms. The summed E-state index contributed by atoms with van der Waals surface area (Å²) in [5.74, 6) is 0.845. The van der Waals surface area contributed by atoms with Gasteiger partial charge in [-0.25, -0.2) is 4.39 Å². The van der Waals surface area contributed by atoms with Crippen LogP contribution in [0.3, 0.4) is 0 Å². The lowest BCUT2D eigenvalue weighted by Gasteiger charge is -2.15. The van der Waals surface area contributed by atoms with Crippen molar-refractivity contribution in [3.8, 4) is 0 Å². The molecule has 0 aromatic heterocycles. The van der Waals surface area contributed by atoms with Gasteiger partial charge in [0.15, 0.2) is 0 Å². The molecule has 1 aliphatic carbocycles. The van der Waals surface area contributed by atoms with Crippen molar-refractivity contribution in [2.75, 3.05) is 12.3 Å². The summed E-state index contributed by atoms with van der Waals surface area (Å²) in [5.41, 5.74) is 0.837. The van der Waals surface area contributed by atoms with Gasteiger partial charge in [-0.2, -0.15) is 0 Å². The van der Waals surface area contributed by atoms with E-state index in [1.165, 1.54) is 12.1 Å². The van der Waals surface area contributed by atoms with Crippen LogP contribution in [0.5, 0.6) is 0 Å². The van der Waals surface area contributed by atoms with Crippen LogP contribution in [-0.4, -0.2) is 18.2 Å². The van der Waals surface area contributed by atoms with E-state index in [0.717, 1.165) is 35.5 Å². The summed E-state index contributed by atoms with van der Waals surface area (Å²) < 4.78 is 12.8. The van der Waals surface area contributed by atoms with Crippen molar-refractivity contribution in [3.63, 3.8) is 0 Å². The van der Waals surface area contributed by atoms with Gasteiger partial charge in [0.2, 0.25) is 5.91 Å². The molecule has 2 aromatic rings. The number of hydrogen-bond acceptors (Lipinski definition) is 2. The van der Waals surface area contributed by atoms with Gasteiger partial charge in [0.1, 0.15) is 5.82 Å². The van der Waals surface area contributed by atoms with Crippen LogP contribution < -0.4 is 5.32 Å². The first-order valence-electron chi connectivity index (χ1n) is 7.93. The molecule has 2 nitrogen and oxygen atoms in total. The molecule has 3 rings (SSSR count). The maximum Gasteiger partial charge on any atom is 0.230 e. The van der Waals surface area contributed by atoms with Crippen molar-refractivity contribution in [2.24, 2.45) is 0 Å². The highest BCUT2D eigenvalue weighted by molar-refractivity contribution is 7.99. The standard InChI is InChI=1S/C19H20FNOS/c20-16-7-9-17(10-8-16)23-14-4-13-21-18(22)19(11-12-19)15-5-2-1-3-6-15/h1-3,5-10H,4,11-14H2,(H,21,22). The van der Waals surface area contributed by atoms with E-state index in [2.05, 4.69) is 5.32 Å². The predicted molar refractivity (Wildman–Crippen MR) is 92.1 cm³/mol. The van der Waals surface area contributed by atoms with Crippen molar-refractivity contribution < 1.29 is 9.18 Å². The molecule has 0 bridgehead atoms. The van der Waals surface area contributed by atoms with Gasteiger partial charge in [0, 0.05) is 11.4 Å². The molecule has 1 N–H and O–H groups in total. The number of amides is 1. The van der Waals surface area contributed by atoms with Gasteiger partial charge < -0.3 is 5.32 Å². The Morgan fingerprint density at radius 2 is 1.78 bits per heavy atom. The lowest BCUT2D eigenvalue weighted by Crippen LogP contribution is -2.35. The number of benzene rings is 2. The summed E-state index contributed by atoms with van der Waals surface area (Å²) in [4.78, 5) is 13.5. The number of thioether (sulfide) groups is 1. The summed E-state index contributed by atoms with van der Waals surface area (Å²) in [7, 11) is 0. The number of carbonyl (C=O) groups excluding carboxylic acids is 1. The van der Waals surface area contributed by atoms with Crippen LogP contribution in [0, 0.1) is 5.82 Å². The maximum atomic E-state index is 12.8.